The quantitative estimate of drug-likeness (QED) is 0.523. The Morgan fingerprint density at radius 2 is 2.43 bits per heavy atom. The van der Waals surface area contributed by atoms with Crippen molar-refractivity contribution in [3.63, 3.8) is 0 Å². The first-order chi connectivity index (χ1) is 3.31. The minimum atomic E-state index is 0.858. The van der Waals surface area contributed by atoms with Gasteiger partial charge in [-0.05, 0) is 0 Å². The van der Waals surface area contributed by atoms with Crippen molar-refractivity contribution in [3.05, 3.63) is 24.9 Å². The summed E-state index contributed by atoms with van der Waals surface area (Å²) >= 11 is 0. The molecule has 0 aromatic carbocycles. The topological polar surface area (TPSA) is 12.0 Å². The van der Waals surface area contributed by atoms with Crippen molar-refractivity contribution in [2.45, 2.75) is 6.42 Å². The lowest BCUT2D eigenvalue weighted by Crippen LogP contribution is -2.01. The Balaban J connectivity index is 3.17. The summed E-state index contributed by atoms with van der Waals surface area (Å²) in [5, 5.41) is 2.90. The Kier molecular flexibility index (Phi) is 3.11. The van der Waals surface area contributed by atoms with Crippen molar-refractivity contribution in [2.24, 2.45) is 0 Å². The normalized spacial score (nSPS) is 7.57. The molecule has 1 N–H and O–H groups in total. The van der Waals surface area contributed by atoms with Gasteiger partial charge in [0.05, 0.1) is 0 Å². The molecule has 0 amide bonds. The van der Waals surface area contributed by atoms with Crippen molar-refractivity contribution in [1.29, 1.82) is 0 Å². The zero-order valence-corrected chi connectivity index (χ0v) is 4.70. The lowest BCUT2D eigenvalue weighted by atomic mass is 10.3. The Morgan fingerprint density at radius 1 is 1.86 bits per heavy atom. The van der Waals surface area contributed by atoms with Crippen LogP contribution in [0.2, 0.25) is 0 Å². The molecule has 7 heavy (non-hydrogen) atoms. The Labute approximate surface area is 44.7 Å². The molecule has 0 atom stereocenters. The van der Waals surface area contributed by atoms with E-state index in [0.717, 1.165) is 12.1 Å². The summed E-state index contributed by atoms with van der Waals surface area (Å²) in [6.45, 7) is 7.23. The summed E-state index contributed by atoms with van der Waals surface area (Å²) < 4.78 is 0. The van der Waals surface area contributed by atoms with E-state index in [1.54, 1.807) is 0 Å². The molecule has 0 spiro atoms. The predicted molar refractivity (Wildman–Crippen MR) is 33.0 cm³/mol. The SMILES string of the molecule is C=CCC(=C)NC. The zero-order valence-electron chi connectivity index (χ0n) is 4.70. The van der Waals surface area contributed by atoms with Gasteiger partial charge in [-0.25, -0.2) is 0 Å². The van der Waals surface area contributed by atoms with Crippen molar-refractivity contribution in [1.82, 2.24) is 5.32 Å². The number of hydrogen-bond donors (Lipinski definition) is 1. The monoisotopic (exact) mass is 97.1 g/mol. The van der Waals surface area contributed by atoms with Crippen LogP contribution in [0.3, 0.4) is 0 Å². The largest absolute Gasteiger partial charge is 0.392 e. The van der Waals surface area contributed by atoms with Crippen LogP contribution in [0.1, 0.15) is 6.42 Å². The molecule has 1 heteroatoms. The highest BCUT2D eigenvalue weighted by Crippen LogP contribution is 1.88. The lowest BCUT2D eigenvalue weighted by Gasteiger charge is -1.96. The van der Waals surface area contributed by atoms with E-state index in [1.165, 1.54) is 0 Å². The van der Waals surface area contributed by atoms with Crippen LogP contribution < -0.4 is 5.32 Å². The molecule has 0 radical (unpaired) electrons. The van der Waals surface area contributed by atoms with Crippen molar-refractivity contribution in [3.8, 4) is 0 Å². The molecule has 0 saturated carbocycles. The van der Waals surface area contributed by atoms with E-state index in [4.69, 9.17) is 0 Å². The second-order valence-electron chi connectivity index (χ2n) is 1.35. The van der Waals surface area contributed by atoms with Gasteiger partial charge in [-0.15, -0.1) is 6.58 Å². The molecule has 0 unspecified atom stereocenters. The molecule has 0 rings (SSSR count). The van der Waals surface area contributed by atoms with Crippen molar-refractivity contribution < 1.29 is 0 Å². The number of allylic oxidation sites excluding steroid dienone is 1. The van der Waals surface area contributed by atoms with Crippen LogP contribution in [0.15, 0.2) is 24.9 Å². The molecular weight excluding hydrogens is 86.1 g/mol. The third-order valence-electron chi connectivity index (χ3n) is 0.744. The number of hydrogen-bond acceptors (Lipinski definition) is 1. The molecule has 0 aliphatic carbocycles. The third-order valence-corrected chi connectivity index (χ3v) is 0.744. The highest BCUT2D eigenvalue weighted by Gasteiger charge is 1.78. The average Bonchev–Trinajstić information content (AvgIpc) is 1.68. The molecule has 0 fully saturated rings. The fourth-order valence-corrected chi connectivity index (χ4v) is 0.276. The highest BCUT2D eigenvalue weighted by atomic mass is 14.8. The van der Waals surface area contributed by atoms with Crippen LogP contribution in [-0.2, 0) is 0 Å². The minimum Gasteiger partial charge on any atom is -0.392 e. The van der Waals surface area contributed by atoms with E-state index in [2.05, 4.69) is 18.5 Å². The van der Waals surface area contributed by atoms with Gasteiger partial charge in [0.15, 0.2) is 0 Å². The molecule has 0 saturated heterocycles. The molecular formula is C6H11N. The fraction of sp³-hybridized carbons (Fsp3) is 0.333. The first-order valence-corrected chi connectivity index (χ1v) is 2.27. The number of rotatable bonds is 3. The maximum Gasteiger partial charge on any atom is 0.00692 e. The zero-order chi connectivity index (χ0) is 5.70. The summed E-state index contributed by atoms with van der Waals surface area (Å²) in [6, 6.07) is 0. The maximum atomic E-state index is 3.68. The standard InChI is InChI=1S/C6H11N/c1-4-5-6(2)7-3/h4,7H,1-2,5H2,3H3. The highest BCUT2D eigenvalue weighted by molar-refractivity contribution is 4.95. The van der Waals surface area contributed by atoms with Gasteiger partial charge in [-0.2, -0.15) is 0 Å². The van der Waals surface area contributed by atoms with Gasteiger partial charge in [0.2, 0.25) is 0 Å². The van der Waals surface area contributed by atoms with Gasteiger partial charge in [-0.1, -0.05) is 12.7 Å². The average molecular weight is 97.2 g/mol. The van der Waals surface area contributed by atoms with Gasteiger partial charge >= 0.3 is 0 Å². The van der Waals surface area contributed by atoms with Crippen LogP contribution in [0.4, 0.5) is 0 Å². The van der Waals surface area contributed by atoms with Gasteiger partial charge in [-0.3, -0.25) is 0 Å². The second-order valence-corrected chi connectivity index (χ2v) is 1.35. The van der Waals surface area contributed by atoms with Crippen LogP contribution in [0, 0.1) is 0 Å². The first kappa shape index (κ1) is 6.28. The molecule has 40 valence electrons. The third kappa shape index (κ3) is 3.10. The molecule has 0 bridgehead atoms. The fourth-order valence-electron chi connectivity index (χ4n) is 0.276. The summed E-state index contributed by atoms with van der Waals surface area (Å²) in [5.74, 6) is 0. The summed E-state index contributed by atoms with van der Waals surface area (Å²) in [4.78, 5) is 0. The predicted octanol–water partition coefficient (Wildman–Crippen LogP) is 1.30. The lowest BCUT2D eigenvalue weighted by molar-refractivity contribution is 0.948. The summed E-state index contributed by atoms with van der Waals surface area (Å²) in [7, 11) is 1.85. The minimum absolute atomic E-state index is 0.858. The van der Waals surface area contributed by atoms with Crippen molar-refractivity contribution >= 4 is 0 Å². The molecule has 0 heterocycles. The molecule has 0 aromatic rings. The van der Waals surface area contributed by atoms with E-state index in [1.807, 2.05) is 13.1 Å². The van der Waals surface area contributed by atoms with Gasteiger partial charge < -0.3 is 5.32 Å². The van der Waals surface area contributed by atoms with E-state index in [0.29, 0.717) is 0 Å². The summed E-state index contributed by atoms with van der Waals surface area (Å²) in [5.41, 5.74) is 1.01. The van der Waals surface area contributed by atoms with Crippen LogP contribution in [0.5, 0.6) is 0 Å². The van der Waals surface area contributed by atoms with E-state index < -0.39 is 0 Å². The molecule has 0 aliphatic rings. The molecule has 1 nitrogen and oxygen atoms in total. The van der Waals surface area contributed by atoms with Crippen LogP contribution >= 0.6 is 0 Å². The first-order valence-electron chi connectivity index (χ1n) is 2.27. The Hall–Kier alpha value is -0.720. The van der Waals surface area contributed by atoms with Crippen LogP contribution in [-0.4, -0.2) is 7.05 Å². The van der Waals surface area contributed by atoms with Gasteiger partial charge in [0.1, 0.15) is 0 Å². The van der Waals surface area contributed by atoms with Crippen molar-refractivity contribution in [2.75, 3.05) is 7.05 Å². The summed E-state index contributed by atoms with van der Waals surface area (Å²) in [6.07, 6.45) is 2.68. The second kappa shape index (κ2) is 3.47. The van der Waals surface area contributed by atoms with Gasteiger partial charge in [0, 0.05) is 19.2 Å². The van der Waals surface area contributed by atoms with Crippen LogP contribution in [0.25, 0.3) is 0 Å². The van der Waals surface area contributed by atoms with E-state index in [-0.39, 0.29) is 0 Å². The van der Waals surface area contributed by atoms with E-state index >= 15 is 0 Å². The van der Waals surface area contributed by atoms with Gasteiger partial charge in [0.25, 0.3) is 0 Å². The molecule has 0 aliphatic heterocycles. The Morgan fingerprint density at radius 3 is 2.57 bits per heavy atom. The Bertz CT molecular complexity index is 74.2. The smallest absolute Gasteiger partial charge is 0.00692 e. The maximum absolute atomic E-state index is 3.68. The number of nitrogens with one attached hydrogen (secondary N) is 1. The van der Waals surface area contributed by atoms with E-state index in [9.17, 15) is 0 Å². The molecule has 0 aromatic heterocycles.